The van der Waals surface area contributed by atoms with Crippen molar-refractivity contribution >= 4 is 17.7 Å². The van der Waals surface area contributed by atoms with E-state index in [0.29, 0.717) is 11.3 Å². The van der Waals surface area contributed by atoms with Crippen molar-refractivity contribution < 1.29 is 19.4 Å². The molecule has 1 aromatic carbocycles. The van der Waals surface area contributed by atoms with Crippen LogP contribution >= 0.6 is 0 Å². The molecule has 24 heavy (non-hydrogen) atoms. The zero-order valence-corrected chi connectivity index (χ0v) is 13.7. The Kier molecular flexibility index (Phi) is 4.83. The molecule has 2 amide bonds. The third kappa shape index (κ3) is 3.58. The van der Waals surface area contributed by atoms with Gasteiger partial charge in [0.15, 0.2) is 0 Å². The number of carbonyl (C=O) groups excluding carboxylic acids is 2. The van der Waals surface area contributed by atoms with E-state index in [-0.39, 0.29) is 17.8 Å². The highest BCUT2D eigenvalue weighted by molar-refractivity contribution is 6.08. The van der Waals surface area contributed by atoms with Gasteiger partial charge in [0.1, 0.15) is 17.8 Å². The van der Waals surface area contributed by atoms with E-state index in [9.17, 15) is 14.7 Å². The third-order valence-corrected chi connectivity index (χ3v) is 4.66. The number of ether oxygens (including phenoxy) is 1. The largest absolute Gasteiger partial charge is 0.508 e. The first kappa shape index (κ1) is 16.5. The SMILES string of the molecule is CC1=NC(=O)NC(c2cccc(O)c2)C1C(=O)OC1CCCCC1. The van der Waals surface area contributed by atoms with Crippen molar-refractivity contribution in [3.05, 3.63) is 29.8 Å². The molecule has 1 aliphatic carbocycles. The molecule has 0 radical (unpaired) electrons. The maximum Gasteiger partial charge on any atom is 0.341 e. The fraction of sp³-hybridized carbons (Fsp3) is 0.500. The fourth-order valence-electron chi connectivity index (χ4n) is 3.44. The molecule has 0 spiro atoms. The lowest BCUT2D eigenvalue weighted by Gasteiger charge is -2.31. The number of nitrogens with zero attached hydrogens (tertiary/aromatic N) is 1. The van der Waals surface area contributed by atoms with Gasteiger partial charge in [0.25, 0.3) is 0 Å². The van der Waals surface area contributed by atoms with Gasteiger partial charge in [-0.25, -0.2) is 9.79 Å². The minimum atomic E-state index is -0.675. The summed E-state index contributed by atoms with van der Waals surface area (Å²) in [5.41, 5.74) is 1.09. The molecule has 1 saturated carbocycles. The van der Waals surface area contributed by atoms with Gasteiger partial charge in [-0.05, 0) is 50.3 Å². The number of rotatable bonds is 3. The molecule has 2 atom stereocenters. The average molecular weight is 330 g/mol. The lowest BCUT2D eigenvalue weighted by molar-refractivity contribution is -0.154. The first-order valence-corrected chi connectivity index (χ1v) is 8.39. The Balaban J connectivity index is 1.84. The molecule has 2 unspecified atom stereocenters. The van der Waals surface area contributed by atoms with Crippen LogP contribution in [0.5, 0.6) is 5.75 Å². The second-order valence-electron chi connectivity index (χ2n) is 6.45. The number of benzene rings is 1. The van der Waals surface area contributed by atoms with E-state index in [1.54, 1.807) is 31.2 Å². The summed E-state index contributed by atoms with van der Waals surface area (Å²) in [7, 11) is 0. The number of amides is 2. The zero-order valence-electron chi connectivity index (χ0n) is 13.7. The number of urea groups is 1. The Morgan fingerprint density at radius 1 is 1.29 bits per heavy atom. The van der Waals surface area contributed by atoms with Gasteiger partial charge in [0.2, 0.25) is 0 Å². The number of carbonyl (C=O) groups is 2. The van der Waals surface area contributed by atoms with Gasteiger partial charge >= 0.3 is 12.0 Å². The standard InChI is InChI=1S/C18H22N2O4/c1-11-15(17(22)24-14-8-3-2-4-9-14)16(20-18(23)19-11)12-6-5-7-13(21)10-12/h5-7,10,14-16,21H,2-4,8-9H2,1H3,(H,20,23). The van der Waals surface area contributed by atoms with Crippen molar-refractivity contribution in [2.45, 2.75) is 51.2 Å². The predicted molar refractivity (Wildman–Crippen MR) is 88.9 cm³/mol. The van der Waals surface area contributed by atoms with Gasteiger partial charge in [-0.3, -0.25) is 4.79 Å². The fourth-order valence-corrected chi connectivity index (χ4v) is 3.44. The van der Waals surface area contributed by atoms with Crippen LogP contribution in [0.1, 0.15) is 50.6 Å². The van der Waals surface area contributed by atoms with Crippen LogP contribution in [0.4, 0.5) is 4.79 Å². The first-order chi connectivity index (χ1) is 11.5. The van der Waals surface area contributed by atoms with Gasteiger partial charge in [-0.1, -0.05) is 18.6 Å². The number of hydrogen-bond donors (Lipinski definition) is 2. The van der Waals surface area contributed by atoms with Gasteiger partial charge in [0, 0.05) is 5.71 Å². The molecule has 0 saturated heterocycles. The highest BCUT2D eigenvalue weighted by Gasteiger charge is 2.39. The van der Waals surface area contributed by atoms with E-state index < -0.39 is 18.0 Å². The maximum absolute atomic E-state index is 12.7. The monoisotopic (exact) mass is 330 g/mol. The van der Waals surface area contributed by atoms with Crippen molar-refractivity contribution in [1.29, 1.82) is 0 Å². The Bertz CT molecular complexity index is 665. The van der Waals surface area contributed by atoms with E-state index in [0.717, 1.165) is 25.7 Å². The average Bonchev–Trinajstić information content (AvgIpc) is 2.55. The van der Waals surface area contributed by atoms with Crippen LogP contribution in [0.3, 0.4) is 0 Å². The van der Waals surface area contributed by atoms with Crippen LogP contribution in [0.2, 0.25) is 0 Å². The van der Waals surface area contributed by atoms with Crippen LogP contribution in [0.15, 0.2) is 29.3 Å². The quantitative estimate of drug-likeness (QED) is 0.834. The Hall–Kier alpha value is -2.37. The number of nitrogens with one attached hydrogen (secondary N) is 1. The topological polar surface area (TPSA) is 88.0 Å². The molecule has 128 valence electrons. The minimum Gasteiger partial charge on any atom is -0.508 e. The molecular formula is C18H22N2O4. The second kappa shape index (κ2) is 7.03. The lowest BCUT2D eigenvalue weighted by Crippen LogP contribution is -2.45. The molecule has 3 rings (SSSR count). The van der Waals surface area contributed by atoms with E-state index in [1.165, 1.54) is 6.42 Å². The Morgan fingerprint density at radius 3 is 2.75 bits per heavy atom. The molecular weight excluding hydrogens is 308 g/mol. The molecule has 6 heteroatoms. The van der Waals surface area contributed by atoms with Crippen LogP contribution < -0.4 is 5.32 Å². The van der Waals surface area contributed by atoms with Crippen molar-refractivity contribution in [2.75, 3.05) is 0 Å². The zero-order chi connectivity index (χ0) is 17.1. The third-order valence-electron chi connectivity index (χ3n) is 4.66. The highest BCUT2D eigenvalue weighted by atomic mass is 16.5. The van der Waals surface area contributed by atoms with Crippen molar-refractivity contribution in [3.8, 4) is 5.75 Å². The summed E-state index contributed by atoms with van der Waals surface area (Å²) in [6.45, 7) is 1.67. The highest BCUT2D eigenvalue weighted by Crippen LogP contribution is 2.31. The molecule has 1 fully saturated rings. The number of esters is 1. The van der Waals surface area contributed by atoms with Crippen LogP contribution in [-0.4, -0.2) is 28.9 Å². The molecule has 1 heterocycles. The smallest absolute Gasteiger partial charge is 0.341 e. The molecule has 1 aromatic rings. The van der Waals surface area contributed by atoms with Crippen molar-refractivity contribution in [1.82, 2.24) is 5.32 Å². The summed E-state index contributed by atoms with van der Waals surface area (Å²) in [6, 6.07) is 5.47. The number of phenols is 1. The van der Waals surface area contributed by atoms with Crippen LogP contribution in [-0.2, 0) is 9.53 Å². The van der Waals surface area contributed by atoms with E-state index in [4.69, 9.17) is 4.74 Å². The molecule has 2 N–H and O–H groups in total. The lowest BCUT2D eigenvalue weighted by atomic mass is 9.88. The van der Waals surface area contributed by atoms with Crippen molar-refractivity contribution in [2.24, 2.45) is 10.9 Å². The summed E-state index contributed by atoms with van der Waals surface area (Å²) in [4.78, 5) is 28.4. The van der Waals surface area contributed by atoms with Crippen molar-refractivity contribution in [3.63, 3.8) is 0 Å². The molecule has 2 aliphatic rings. The van der Waals surface area contributed by atoms with E-state index in [1.807, 2.05) is 0 Å². The van der Waals surface area contributed by atoms with Gasteiger partial charge < -0.3 is 15.2 Å². The molecule has 6 nitrogen and oxygen atoms in total. The van der Waals surface area contributed by atoms with E-state index in [2.05, 4.69) is 10.3 Å². The van der Waals surface area contributed by atoms with Crippen LogP contribution in [0, 0.1) is 5.92 Å². The predicted octanol–water partition coefficient (Wildman–Crippen LogP) is 3.11. The van der Waals surface area contributed by atoms with Gasteiger partial charge in [0.05, 0.1) is 6.04 Å². The van der Waals surface area contributed by atoms with Gasteiger partial charge in [-0.15, -0.1) is 0 Å². The number of aromatic hydroxyl groups is 1. The molecule has 1 aliphatic heterocycles. The summed E-state index contributed by atoms with van der Waals surface area (Å²) < 4.78 is 5.68. The summed E-state index contributed by atoms with van der Waals surface area (Å²) in [5.74, 6) is -0.954. The van der Waals surface area contributed by atoms with E-state index >= 15 is 0 Å². The summed E-state index contributed by atoms with van der Waals surface area (Å²) in [5, 5.41) is 12.4. The first-order valence-electron chi connectivity index (χ1n) is 8.39. The Morgan fingerprint density at radius 2 is 2.04 bits per heavy atom. The number of phenolic OH excluding ortho intramolecular Hbond substituents is 1. The normalized spacial score (nSPS) is 24.9. The molecule has 0 aromatic heterocycles. The van der Waals surface area contributed by atoms with Gasteiger partial charge in [-0.2, -0.15) is 0 Å². The molecule has 0 bridgehead atoms. The van der Waals surface area contributed by atoms with Crippen LogP contribution in [0.25, 0.3) is 0 Å². The maximum atomic E-state index is 12.7. The summed E-state index contributed by atoms with van der Waals surface area (Å²) in [6.07, 6.45) is 5.04. The number of aliphatic imine (C=N–C) groups is 1. The Labute approximate surface area is 140 Å². The summed E-state index contributed by atoms with van der Waals surface area (Å²) >= 11 is 0. The number of hydrogen-bond acceptors (Lipinski definition) is 4. The second-order valence-corrected chi connectivity index (χ2v) is 6.45. The minimum absolute atomic E-state index is 0.0542.